The highest BCUT2D eigenvalue weighted by Crippen LogP contribution is 2.29. The molecular weight excluding hydrogens is 297 g/mol. The van der Waals surface area contributed by atoms with Crippen molar-refractivity contribution >= 4 is 34.5 Å². The Kier molecular flexibility index (Phi) is 5.28. The van der Waals surface area contributed by atoms with Crippen LogP contribution in [-0.2, 0) is 0 Å². The Hall–Kier alpha value is -0.540. The van der Waals surface area contributed by atoms with Gasteiger partial charge in [-0.1, -0.05) is 42.3 Å². The van der Waals surface area contributed by atoms with E-state index in [1.54, 1.807) is 11.3 Å². The van der Waals surface area contributed by atoms with Gasteiger partial charge in [0, 0.05) is 22.0 Å². The predicted octanol–water partition coefficient (Wildman–Crippen LogP) is 5.86. The van der Waals surface area contributed by atoms with Gasteiger partial charge in [-0.15, -0.1) is 11.3 Å². The molecule has 0 aliphatic rings. The van der Waals surface area contributed by atoms with E-state index in [4.69, 9.17) is 23.2 Å². The SMILES string of the molecule is CCC(NC(C)c1ccc(Cl)s1)c1ccc(Cl)cc1. The fourth-order valence-corrected chi connectivity index (χ4v) is 3.29. The molecule has 0 spiro atoms. The standard InChI is InChI=1S/C15H17Cl2NS/c1-3-13(11-4-6-12(16)7-5-11)18-10(2)14-8-9-15(17)19-14/h4-10,13,18H,3H2,1-2H3. The average molecular weight is 314 g/mol. The number of benzene rings is 1. The van der Waals surface area contributed by atoms with Crippen LogP contribution in [0.15, 0.2) is 36.4 Å². The van der Waals surface area contributed by atoms with Crippen molar-refractivity contribution in [2.45, 2.75) is 32.4 Å². The van der Waals surface area contributed by atoms with Gasteiger partial charge in [-0.05, 0) is 43.2 Å². The summed E-state index contributed by atoms with van der Waals surface area (Å²) in [6.07, 6.45) is 1.03. The van der Waals surface area contributed by atoms with Gasteiger partial charge in [0.25, 0.3) is 0 Å². The first kappa shape index (κ1) is 14.9. The Morgan fingerprint density at radius 2 is 1.79 bits per heavy atom. The molecule has 19 heavy (non-hydrogen) atoms. The van der Waals surface area contributed by atoms with E-state index in [-0.39, 0.29) is 6.04 Å². The molecule has 0 radical (unpaired) electrons. The van der Waals surface area contributed by atoms with Crippen molar-refractivity contribution in [3.8, 4) is 0 Å². The second-order valence-corrected chi connectivity index (χ2v) is 6.73. The van der Waals surface area contributed by atoms with Crippen molar-refractivity contribution in [1.29, 1.82) is 0 Å². The van der Waals surface area contributed by atoms with Crippen LogP contribution in [0.2, 0.25) is 9.36 Å². The lowest BCUT2D eigenvalue weighted by atomic mass is 10.0. The van der Waals surface area contributed by atoms with Crippen LogP contribution in [0.3, 0.4) is 0 Å². The minimum Gasteiger partial charge on any atom is -0.303 e. The van der Waals surface area contributed by atoms with Crippen LogP contribution in [-0.4, -0.2) is 0 Å². The number of nitrogens with one attached hydrogen (secondary N) is 1. The van der Waals surface area contributed by atoms with E-state index in [1.807, 2.05) is 18.2 Å². The third kappa shape index (κ3) is 3.96. The molecule has 0 aliphatic heterocycles. The maximum absolute atomic E-state index is 5.99. The van der Waals surface area contributed by atoms with Gasteiger partial charge < -0.3 is 5.32 Å². The Morgan fingerprint density at radius 1 is 1.11 bits per heavy atom. The van der Waals surface area contributed by atoms with Gasteiger partial charge in [0.1, 0.15) is 0 Å². The van der Waals surface area contributed by atoms with Crippen LogP contribution in [0.5, 0.6) is 0 Å². The fourth-order valence-electron chi connectivity index (χ4n) is 2.09. The lowest BCUT2D eigenvalue weighted by molar-refractivity contribution is 0.460. The second kappa shape index (κ2) is 6.76. The van der Waals surface area contributed by atoms with Gasteiger partial charge in [0.05, 0.1) is 4.34 Å². The topological polar surface area (TPSA) is 12.0 Å². The molecule has 0 aliphatic carbocycles. The molecule has 2 rings (SSSR count). The molecular formula is C15H17Cl2NS. The Bertz CT molecular complexity index is 521. The minimum atomic E-state index is 0.290. The lowest BCUT2D eigenvalue weighted by Crippen LogP contribution is -2.23. The summed E-state index contributed by atoms with van der Waals surface area (Å²) < 4.78 is 0.836. The molecule has 0 saturated carbocycles. The summed E-state index contributed by atoms with van der Waals surface area (Å²) in [7, 11) is 0. The normalized spacial score (nSPS) is 14.3. The van der Waals surface area contributed by atoms with Crippen molar-refractivity contribution < 1.29 is 0 Å². The maximum Gasteiger partial charge on any atom is 0.0931 e. The zero-order valence-corrected chi connectivity index (χ0v) is 13.3. The van der Waals surface area contributed by atoms with Gasteiger partial charge in [0.2, 0.25) is 0 Å². The Balaban J connectivity index is 2.08. The number of thiophene rings is 1. The van der Waals surface area contributed by atoms with Gasteiger partial charge in [-0.25, -0.2) is 0 Å². The number of halogens is 2. The molecule has 0 amide bonds. The number of hydrogen-bond donors (Lipinski definition) is 1. The van der Waals surface area contributed by atoms with E-state index < -0.39 is 0 Å². The zero-order valence-electron chi connectivity index (χ0n) is 11.0. The molecule has 0 saturated heterocycles. The zero-order chi connectivity index (χ0) is 13.8. The van der Waals surface area contributed by atoms with Crippen molar-refractivity contribution in [3.05, 3.63) is 56.2 Å². The van der Waals surface area contributed by atoms with Gasteiger partial charge in [-0.2, -0.15) is 0 Å². The van der Waals surface area contributed by atoms with E-state index in [9.17, 15) is 0 Å². The molecule has 1 heterocycles. The molecule has 102 valence electrons. The van der Waals surface area contributed by atoms with E-state index in [2.05, 4.69) is 37.4 Å². The maximum atomic E-state index is 5.99. The lowest BCUT2D eigenvalue weighted by Gasteiger charge is -2.22. The highest BCUT2D eigenvalue weighted by Gasteiger charge is 2.15. The molecule has 2 unspecified atom stereocenters. The number of rotatable bonds is 5. The van der Waals surface area contributed by atoms with Crippen LogP contribution < -0.4 is 5.32 Å². The molecule has 4 heteroatoms. The Labute approximate surface area is 128 Å². The molecule has 2 aromatic rings. The van der Waals surface area contributed by atoms with E-state index in [0.717, 1.165) is 15.8 Å². The molecule has 1 aromatic heterocycles. The van der Waals surface area contributed by atoms with Crippen LogP contribution in [0.1, 0.15) is 42.8 Å². The summed E-state index contributed by atoms with van der Waals surface area (Å²) in [5.74, 6) is 0. The van der Waals surface area contributed by atoms with Gasteiger partial charge in [-0.3, -0.25) is 0 Å². The fraction of sp³-hybridized carbons (Fsp3) is 0.333. The predicted molar refractivity (Wildman–Crippen MR) is 85.4 cm³/mol. The first-order valence-electron chi connectivity index (χ1n) is 6.37. The van der Waals surface area contributed by atoms with Crippen LogP contribution in [0, 0.1) is 0 Å². The van der Waals surface area contributed by atoms with Crippen molar-refractivity contribution in [2.75, 3.05) is 0 Å². The number of hydrogen-bond acceptors (Lipinski definition) is 2. The minimum absolute atomic E-state index is 0.290. The van der Waals surface area contributed by atoms with Crippen LogP contribution in [0.25, 0.3) is 0 Å². The summed E-state index contributed by atoms with van der Waals surface area (Å²) in [5.41, 5.74) is 1.27. The monoisotopic (exact) mass is 313 g/mol. The van der Waals surface area contributed by atoms with E-state index in [0.29, 0.717) is 6.04 Å². The second-order valence-electron chi connectivity index (χ2n) is 4.54. The van der Waals surface area contributed by atoms with Crippen LogP contribution in [0.4, 0.5) is 0 Å². The molecule has 0 fully saturated rings. The van der Waals surface area contributed by atoms with Crippen molar-refractivity contribution in [3.63, 3.8) is 0 Å². The smallest absolute Gasteiger partial charge is 0.0931 e. The third-order valence-corrected chi connectivity index (χ3v) is 4.82. The molecule has 1 aromatic carbocycles. The summed E-state index contributed by atoms with van der Waals surface area (Å²) in [5, 5.41) is 4.42. The largest absolute Gasteiger partial charge is 0.303 e. The van der Waals surface area contributed by atoms with Crippen LogP contribution >= 0.6 is 34.5 Å². The van der Waals surface area contributed by atoms with Crippen molar-refractivity contribution in [1.82, 2.24) is 5.32 Å². The summed E-state index contributed by atoms with van der Waals surface area (Å²) in [6.45, 7) is 4.35. The van der Waals surface area contributed by atoms with Gasteiger partial charge in [0.15, 0.2) is 0 Å². The molecule has 1 N–H and O–H groups in total. The first-order chi connectivity index (χ1) is 9.10. The van der Waals surface area contributed by atoms with Crippen molar-refractivity contribution in [2.24, 2.45) is 0 Å². The average Bonchev–Trinajstić information content (AvgIpc) is 2.84. The quantitative estimate of drug-likeness (QED) is 0.729. The summed E-state index contributed by atoms with van der Waals surface area (Å²) in [6, 6.07) is 12.7. The highest BCUT2D eigenvalue weighted by atomic mass is 35.5. The van der Waals surface area contributed by atoms with Gasteiger partial charge >= 0.3 is 0 Å². The molecule has 2 atom stereocenters. The van der Waals surface area contributed by atoms with E-state index >= 15 is 0 Å². The summed E-state index contributed by atoms with van der Waals surface area (Å²) >= 11 is 13.5. The highest BCUT2D eigenvalue weighted by molar-refractivity contribution is 7.16. The first-order valence-corrected chi connectivity index (χ1v) is 7.94. The molecule has 0 bridgehead atoms. The van der Waals surface area contributed by atoms with E-state index in [1.165, 1.54) is 10.4 Å². The molecule has 1 nitrogen and oxygen atoms in total. The third-order valence-electron chi connectivity index (χ3n) is 3.15. The Morgan fingerprint density at radius 3 is 2.32 bits per heavy atom. The summed E-state index contributed by atoms with van der Waals surface area (Å²) in [4.78, 5) is 1.26.